The van der Waals surface area contributed by atoms with Gasteiger partial charge in [-0.15, -0.1) is 0 Å². The molecule has 110 valence electrons. The van der Waals surface area contributed by atoms with Crippen molar-refractivity contribution in [3.63, 3.8) is 0 Å². The van der Waals surface area contributed by atoms with E-state index in [1.165, 1.54) is 62.7 Å². The predicted octanol–water partition coefficient (Wildman–Crippen LogP) is 4.06. The number of nitrogens with zero attached hydrogens (tertiary/aromatic N) is 1. The van der Waals surface area contributed by atoms with Gasteiger partial charge in [0, 0.05) is 23.9 Å². The molecular weight excluding hydrogens is 244 g/mol. The second-order valence-corrected chi connectivity index (χ2v) is 7.04. The number of aryl methyl sites for hydroxylation is 1. The first-order chi connectivity index (χ1) is 9.73. The van der Waals surface area contributed by atoms with E-state index in [-0.39, 0.29) is 0 Å². The second kappa shape index (κ2) is 5.85. The fourth-order valence-electron chi connectivity index (χ4n) is 4.40. The zero-order chi connectivity index (χ0) is 14.0. The minimum Gasteiger partial charge on any atom is -0.314 e. The van der Waals surface area contributed by atoms with Crippen LogP contribution in [0.4, 0.5) is 0 Å². The van der Waals surface area contributed by atoms with Crippen molar-refractivity contribution < 1.29 is 0 Å². The molecule has 1 aromatic rings. The molecule has 0 bridgehead atoms. The van der Waals surface area contributed by atoms with E-state index in [9.17, 15) is 0 Å². The Labute approximate surface area is 123 Å². The first-order valence-electron chi connectivity index (χ1n) is 8.40. The molecule has 20 heavy (non-hydrogen) atoms. The van der Waals surface area contributed by atoms with Crippen molar-refractivity contribution in [1.29, 1.82) is 0 Å². The first kappa shape index (κ1) is 14.1. The maximum atomic E-state index is 4.76. The normalized spacial score (nSPS) is 33.1. The van der Waals surface area contributed by atoms with Crippen molar-refractivity contribution in [3.05, 3.63) is 29.6 Å². The van der Waals surface area contributed by atoms with Gasteiger partial charge in [-0.1, -0.05) is 19.9 Å². The van der Waals surface area contributed by atoms with Gasteiger partial charge in [0.2, 0.25) is 0 Å². The van der Waals surface area contributed by atoms with Crippen molar-refractivity contribution in [1.82, 2.24) is 10.3 Å². The molecule has 0 aromatic carbocycles. The van der Waals surface area contributed by atoms with Crippen molar-refractivity contribution >= 4 is 0 Å². The fourth-order valence-corrected chi connectivity index (χ4v) is 4.40. The van der Waals surface area contributed by atoms with Crippen molar-refractivity contribution in [2.24, 2.45) is 5.41 Å². The Hall–Kier alpha value is -0.890. The van der Waals surface area contributed by atoms with Crippen molar-refractivity contribution in [2.75, 3.05) is 6.54 Å². The summed E-state index contributed by atoms with van der Waals surface area (Å²) in [7, 11) is 0. The quantitative estimate of drug-likeness (QED) is 0.894. The van der Waals surface area contributed by atoms with Crippen LogP contribution in [0.5, 0.6) is 0 Å². The topological polar surface area (TPSA) is 24.9 Å². The molecule has 2 heteroatoms. The molecule has 0 radical (unpaired) electrons. The Morgan fingerprint density at radius 1 is 1.40 bits per heavy atom. The third-order valence-electron chi connectivity index (χ3n) is 5.50. The minimum absolute atomic E-state index is 0.453. The summed E-state index contributed by atoms with van der Waals surface area (Å²) in [6, 6.07) is 5.12. The molecule has 0 spiro atoms. The van der Waals surface area contributed by atoms with E-state index >= 15 is 0 Å². The molecule has 3 atom stereocenters. The third-order valence-corrected chi connectivity index (χ3v) is 5.50. The van der Waals surface area contributed by atoms with Gasteiger partial charge < -0.3 is 5.32 Å². The van der Waals surface area contributed by atoms with Gasteiger partial charge in [-0.05, 0) is 68.5 Å². The maximum Gasteiger partial charge on any atom is 0.0471 e. The molecule has 0 amide bonds. The number of pyridine rings is 1. The summed E-state index contributed by atoms with van der Waals surface area (Å²) in [5.74, 6) is 0.681. The third kappa shape index (κ3) is 2.63. The smallest absolute Gasteiger partial charge is 0.0471 e. The monoisotopic (exact) mass is 272 g/mol. The second-order valence-electron chi connectivity index (χ2n) is 7.04. The average Bonchev–Trinajstić information content (AvgIpc) is 2.87. The van der Waals surface area contributed by atoms with Crippen LogP contribution in [-0.4, -0.2) is 17.6 Å². The summed E-state index contributed by atoms with van der Waals surface area (Å²) >= 11 is 0. The van der Waals surface area contributed by atoms with E-state index in [2.05, 4.69) is 31.3 Å². The molecule has 1 saturated carbocycles. The molecule has 2 nitrogen and oxygen atoms in total. The van der Waals surface area contributed by atoms with Crippen LogP contribution in [0.1, 0.15) is 69.5 Å². The molecule has 3 rings (SSSR count). The molecule has 1 aromatic heterocycles. The SMILES string of the molecule is CCCNC1CCC(C)(C2CCCc3cccnc32)C1. The largest absolute Gasteiger partial charge is 0.314 e. The van der Waals surface area contributed by atoms with Crippen LogP contribution in [0.15, 0.2) is 18.3 Å². The predicted molar refractivity (Wildman–Crippen MR) is 84.0 cm³/mol. The van der Waals surface area contributed by atoms with E-state index in [0.29, 0.717) is 11.3 Å². The lowest BCUT2D eigenvalue weighted by Gasteiger charge is -2.37. The van der Waals surface area contributed by atoms with Gasteiger partial charge in [0.05, 0.1) is 0 Å². The molecular formula is C18H28N2. The van der Waals surface area contributed by atoms with Crippen LogP contribution >= 0.6 is 0 Å². The highest BCUT2D eigenvalue weighted by molar-refractivity contribution is 5.28. The Morgan fingerprint density at radius 2 is 2.30 bits per heavy atom. The van der Waals surface area contributed by atoms with Gasteiger partial charge in [-0.2, -0.15) is 0 Å². The summed E-state index contributed by atoms with van der Waals surface area (Å²) in [4.78, 5) is 4.76. The highest BCUT2D eigenvalue weighted by Gasteiger charge is 2.43. The Kier molecular flexibility index (Phi) is 4.11. The fraction of sp³-hybridized carbons (Fsp3) is 0.722. The van der Waals surface area contributed by atoms with Crippen LogP contribution in [0.2, 0.25) is 0 Å². The van der Waals surface area contributed by atoms with Gasteiger partial charge in [-0.25, -0.2) is 0 Å². The molecule has 0 aliphatic heterocycles. The van der Waals surface area contributed by atoms with Crippen LogP contribution in [0.3, 0.4) is 0 Å². The lowest BCUT2D eigenvalue weighted by Crippen LogP contribution is -2.32. The molecule has 1 fully saturated rings. The van der Waals surface area contributed by atoms with E-state index in [1.54, 1.807) is 0 Å². The molecule has 1 N–H and O–H groups in total. The van der Waals surface area contributed by atoms with Crippen molar-refractivity contribution in [3.8, 4) is 0 Å². The summed E-state index contributed by atoms with van der Waals surface area (Å²) in [5.41, 5.74) is 3.38. The van der Waals surface area contributed by atoms with Crippen LogP contribution in [-0.2, 0) is 6.42 Å². The van der Waals surface area contributed by atoms with Crippen LogP contribution < -0.4 is 5.32 Å². The maximum absolute atomic E-state index is 4.76. The molecule has 2 aliphatic rings. The van der Waals surface area contributed by atoms with Gasteiger partial charge in [0.1, 0.15) is 0 Å². The first-order valence-corrected chi connectivity index (χ1v) is 8.40. The van der Waals surface area contributed by atoms with Gasteiger partial charge in [0.25, 0.3) is 0 Å². The molecule has 2 aliphatic carbocycles. The number of hydrogen-bond donors (Lipinski definition) is 1. The number of aromatic nitrogens is 1. The zero-order valence-electron chi connectivity index (χ0n) is 13.0. The van der Waals surface area contributed by atoms with Gasteiger partial charge in [-0.3, -0.25) is 4.98 Å². The minimum atomic E-state index is 0.453. The van der Waals surface area contributed by atoms with E-state index < -0.39 is 0 Å². The Morgan fingerprint density at radius 3 is 3.15 bits per heavy atom. The number of rotatable bonds is 4. The molecule has 1 heterocycles. The summed E-state index contributed by atoms with van der Waals surface area (Å²) in [5, 5.41) is 3.73. The molecule has 0 saturated heterocycles. The highest BCUT2D eigenvalue weighted by Crippen LogP contribution is 2.52. The Bertz CT molecular complexity index is 456. The number of fused-ring (bicyclic) bond motifs is 1. The lowest BCUT2D eigenvalue weighted by atomic mass is 9.68. The number of hydrogen-bond acceptors (Lipinski definition) is 2. The lowest BCUT2D eigenvalue weighted by molar-refractivity contribution is 0.227. The summed E-state index contributed by atoms with van der Waals surface area (Å²) < 4.78 is 0. The van der Waals surface area contributed by atoms with Crippen LogP contribution in [0, 0.1) is 5.41 Å². The van der Waals surface area contributed by atoms with E-state index in [4.69, 9.17) is 4.98 Å². The average molecular weight is 272 g/mol. The van der Waals surface area contributed by atoms with E-state index in [1.807, 2.05) is 6.20 Å². The zero-order valence-corrected chi connectivity index (χ0v) is 13.0. The standard InChI is InChI=1S/C18H28N2/c1-3-11-19-15-9-10-18(2,13-15)16-8-4-6-14-7-5-12-20-17(14)16/h5,7,12,15-16,19H,3-4,6,8-11,13H2,1-2H3. The van der Waals surface area contributed by atoms with E-state index in [0.717, 1.165) is 6.04 Å². The Balaban J connectivity index is 1.76. The molecule has 3 unspecified atom stereocenters. The van der Waals surface area contributed by atoms with Crippen molar-refractivity contribution in [2.45, 2.75) is 70.8 Å². The number of nitrogens with one attached hydrogen (secondary N) is 1. The van der Waals surface area contributed by atoms with Gasteiger partial charge in [0.15, 0.2) is 0 Å². The summed E-state index contributed by atoms with van der Waals surface area (Å²) in [6.07, 6.45) is 11.2. The van der Waals surface area contributed by atoms with Gasteiger partial charge >= 0.3 is 0 Å². The summed E-state index contributed by atoms with van der Waals surface area (Å²) in [6.45, 7) is 5.93. The highest BCUT2D eigenvalue weighted by atomic mass is 14.9. The van der Waals surface area contributed by atoms with Crippen LogP contribution in [0.25, 0.3) is 0 Å².